The number of ketones is 2. The minimum atomic E-state index is -0.825. The highest BCUT2D eigenvalue weighted by molar-refractivity contribution is 6.23. The van der Waals surface area contributed by atoms with E-state index >= 15 is 0 Å². The van der Waals surface area contributed by atoms with Crippen molar-refractivity contribution >= 4 is 23.4 Å². The van der Waals surface area contributed by atoms with Crippen LogP contribution in [0.5, 0.6) is 5.75 Å². The third-order valence-corrected chi connectivity index (χ3v) is 10.1. The summed E-state index contributed by atoms with van der Waals surface area (Å²) in [6.07, 6.45) is 5.21. The predicted octanol–water partition coefficient (Wildman–Crippen LogP) is 4.63. The zero-order valence-electron chi connectivity index (χ0n) is 24.0. The van der Waals surface area contributed by atoms with Gasteiger partial charge in [-0.05, 0) is 67.9 Å². The molecule has 0 aromatic heterocycles. The van der Waals surface area contributed by atoms with Gasteiger partial charge in [0.25, 0.3) is 0 Å². The number of amides is 2. The van der Waals surface area contributed by atoms with E-state index < -0.39 is 35.2 Å². The van der Waals surface area contributed by atoms with Crippen LogP contribution in [-0.4, -0.2) is 57.4 Å². The summed E-state index contributed by atoms with van der Waals surface area (Å²) in [5.74, 6) is -4.58. The molecule has 43 heavy (non-hydrogen) atoms. The Balaban J connectivity index is 1.19. The number of nitrogens with zero attached hydrogens (tertiary/aromatic N) is 2. The minimum Gasteiger partial charge on any atom is -0.505 e. The van der Waals surface area contributed by atoms with E-state index in [9.17, 15) is 28.7 Å². The number of halogens is 1. The van der Waals surface area contributed by atoms with Gasteiger partial charge in [0.05, 0.1) is 11.8 Å². The predicted molar refractivity (Wildman–Crippen MR) is 156 cm³/mol. The summed E-state index contributed by atoms with van der Waals surface area (Å²) in [7, 11) is 0. The maximum atomic E-state index is 14.6. The van der Waals surface area contributed by atoms with Crippen LogP contribution in [0.3, 0.4) is 0 Å². The van der Waals surface area contributed by atoms with Crippen LogP contribution < -0.4 is 0 Å². The molecule has 7 rings (SSSR count). The topological polar surface area (TPSA) is 95.0 Å². The van der Waals surface area contributed by atoms with Crippen molar-refractivity contribution in [1.29, 1.82) is 0 Å². The molecule has 2 fully saturated rings. The minimum absolute atomic E-state index is 0.152. The summed E-state index contributed by atoms with van der Waals surface area (Å²) >= 11 is 0. The Hall–Kier alpha value is -4.17. The van der Waals surface area contributed by atoms with Gasteiger partial charge < -0.3 is 5.11 Å². The summed E-state index contributed by atoms with van der Waals surface area (Å²) in [5, 5.41) is 9.84. The molecule has 2 aliphatic heterocycles. The lowest BCUT2D eigenvalue weighted by Crippen LogP contribution is -2.47. The molecular weight excluding hydrogens is 547 g/mol. The van der Waals surface area contributed by atoms with E-state index in [2.05, 4.69) is 17.0 Å². The van der Waals surface area contributed by atoms with Gasteiger partial charge in [-0.2, -0.15) is 0 Å². The molecule has 4 atom stereocenters. The number of piperidine rings is 1. The molecule has 0 spiro atoms. The van der Waals surface area contributed by atoms with Gasteiger partial charge in [-0.25, -0.2) is 4.39 Å². The van der Waals surface area contributed by atoms with Crippen LogP contribution in [0.1, 0.15) is 49.7 Å². The molecule has 0 saturated carbocycles. The van der Waals surface area contributed by atoms with Crippen molar-refractivity contribution in [2.45, 2.75) is 51.1 Å². The second-order valence-electron chi connectivity index (χ2n) is 12.5. The highest BCUT2D eigenvalue weighted by Crippen LogP contribution is 2.55. The maximum Gasteiger partial charge on any atom is 0.233 e. The Morgan fingerprint density at radius 1 is 0.953 bits per heavy atom. The van der Waals surface area contributed by atoms with Crippen molar-refractivity contribution in [1.82, 2.24) is 9.80 Å². The van der Waals surface area contributed by atoms with Gasteiger partial charge in [-0.3, -0.25) is 29.0 Å². The molecule has 2 saturated heterocycles. The van der Waals surface area contributed by atoms with Crippen LogP contribution in [0, 0.1) is 23.6 Å². The van der Waals surface area contributed by atoms with Crippen LogP contribution in [0.2, 0.25) is 0 Å². The number of Topliss-reactive ketones (excluding diaryl/α,β-unsaturated/α-hetero) is 1. The van der Waals surface area contributed by atoms with E-state index in [1.54, 1.807) is 13.0 Å². The summed E-state index contributed by atoms with van der Waals surface area (Å²) < 4.78 is 14.6. The van der Waals surface area contributed by atoms with Gasteiger partial charge in [-0.15, -0.1) is 0 Å². The van der Waals surface area contributed by atoms with E-state index in [1.165, 1.54) is 28.7 Å². The van der Waals surface area contributed by atoms with Gasteiger partial charge >= 0.3 is 0 Å². The fraction of sp³-hybridized carbons (Fsp3) is 0.371. The van der Waals surface area contributed by atoms with Crippen LogP contribution in [0.15, 0.2) is 83.0 Å². The second-order valence-corrected chi connectivity index (χ2v) is 12.5. The second kappa shape index (κ2) is 10.5. The first-order valence-corrected chi connectivity index (χ1v) is 15.0. The summed E-state index contributed by atoms with van der Waals surface area (Å²) in [6.45, 7) is 4.00. The number of phenolic OH excluding ortho intramolecular Hbond substituents is 1. The molecule has 5 aliphatic rings. The molecule has 3 aliphatic carbocycles. The molecule has 0 radical (unpaired) electrons. The molecule has 7 nitrogen and oxygen atoms in total. The monoisotopic (exact) mass is 580 g/mol. The maximum absolute atomic E-state index is 14.6. The quantitative estimate of drug-likeness (QED) is 0.322. The molecule has 0 unspecified atom stereocenters. The van der Waals surface area contributed by atoms with Crippen LogP contribution >= 0.6 is 0 Å². The van der Waals surface area contributed by atoms with Gasteiger partial charge in [-0.1, -0.05) is 48.0 Å². The average Bonchev–Trinajstić information content (AvgIpc) is 3.26. The van der Waals surface area contributed by atoms with Crippen molar-refractivity contribution in [2.24, 2.45) is 17.8 Å². The Bertz CT molecular complexity index is 1650. The van der Waals surface area contributed by atoms with E-state index in [4.69, 9.17) is 0 Å². The van der Waals surface area contributed by atoms with Gasteiger partial charge in [0.1, 0.15) is 0 Å². The van der Waals surface area contributed by atoms with Crippen LogP contribution in [-0.2, 0) is 25.7 Å². The first-order chi connectivity index (χ1) is 20.7. The van der Waals surface area contributed by atoms with Crippen molar-refractivity contribution in [3.05, 3.63) is 99.9 Å². The third kappa shape index (κ3) is 4.50. The number of fused-ring (bicyclic) bond motifs is 3. The molecule has 220 valence electrons. The molecule has 2 heterocycles. The number of carbonyl (C=O) groups excluding carboxylic acids is 4. The summed E-state index contributed by atoms with van der Waals surface area (Å²) in [5.41, 5.74) is 3.43. The van der Waals surface area contributed by atoms with Gasteiger partial charge in [0.15, 0.2) is 23.1 Å². The SMILES string of the molecule is CC1=CC(=O)C2=C(C[C@@H]3C(=CC[C@@H]4C(=O)N(C5CCN(Cc6ccccc6)CC5)C(=O)[C@@H]43)[C@@H]2c2ccc(O)c(F)c2)C1=O. The lowest BCUT2D eigenvalue weighted by molar-refractivity contribution is -0.144. The summed E-state index contributed by atoms with van der Waals surface area (Å²) in [6, 6.07) is 14.1. The van der Waals surface area contributed by atoms with Gasteiger partial charge in [0, 0.05) is 48.3 Å². The number of hydrogen-bond donors (Lipinski definition) is 1. The molecule has 8 heteroatoms. The lowest BCUT2D eigenvalue weighted by Gasteiger charge is -2.42. The first kappa shape index (κ1) is 27.7. The first-order valence-electron chi connectivity index (χ1n) is 15.0. The number of imide groups is 1. The van der Waals surface area contributed by atoms with Crippen molar-refractivity contribution in [2.75, 3.05) is 13.1 Å². The third-order valence-electron chi connectivity index (χ3n) is 10.1. The van der Waals surface area contributed by atoms with E-state index in [1.807, 2.05) is 24.3 Å². The van der Waals surface area contributed by atoms with E-state index in [0.29, 0.717) is 41.5 Å². The van der Waals surface area contributed by atoms with E-state index in [0.717, 1.165) is 25.2 Å². The molecular formula is C35H33FN2O5. The van der Waals surface area contributed by atoms with Crippen molar-refractivity contribution in [3.8, 4) is 5.75 Å². The normalized spacial score (nSPS) is 28.0. The largest absolute Gasteiger partial charge is 0.505 e. The van der Waals surface area contributed by atoms with Crippen molar-refractivity contribution < 1.29 is 28.7 Å². The Labute approximate surface area is 249 Å². The number of hydrogen-bond acceptors (Lipinski definition) is 6. The highest BCUT2D eigenvalue weighted by Gasteiger charge is 2.57. The zero-order valence-corrected chi connectivity index (χ0v) is 24.0. The van der Waals surface area contributed by atoms with Gasteiger partial charge in [0.2, 0.25) is 11.8 Å². The summed E-state index contributed by atoms with van der Waals surface area (Å²) in [4.78, 5) is 58.6. The average molecular weight is 581 g/mol. The number of aromatic hydroxyl groups is 1. The number of benzene rings is 2. The Morgan fingerprint density at radius 2 is 1.70 bits per heavy atom. The number of allylic oxidation sites excluding steroid dienone is 6. The number of likely N-dealkylation sites (tertiary alicyclic amines) is 2. The van der Waals surface area contributed by atoms with Crippen molar-refractivity contribution in [3.63, 3.8) is 0 Å². The van der Waals surface area contributed by atoms with Crippen LogP contribution in [0.4, 0.5) is 4.39 Å². The standard InChI is InChI=1S/C35H33FN2O5/c1-19-15-29(40)32-26(33(19)41)17-25-23(30(32)21-7-10-28(39)27(36)16-21)8-9-24-31(25)35(43)38(34(24)42)22-11-13-37(14-12-22)18-20-5-3-2-4-6-20/h2-8,10,15-16,22,24-25,30-31,39H,9,11-14,17-18H2,1H3/t24-,25+,30-,31-/m0/s1. The fourth-order valence-electron chi connectivity index (χ4n) is 8.03. The zero-order chi connectivity index (χ0) is 30.0. The molecule has 0 bridgehead atoms. The Kier molecular flexibility index (Phi) is 6.77. The number of phenols is 1. The number of rotatable bonds is 4. The fourth-order valence-corrected chi connectivity index (χ4v) is 8.03. The van der Waals surface area contributed by atoms with E-state index in [-0.39, 0.29) is 35.8 Å². The molecule has 1 N–H and O–H groups in total. The molecule has 2 amide bonds. The number of carbonyl (C=O) groups is 4. The molecule has 2 aromatic rings. The lowest BCUT2D eigenvalue weighted by atomic mass is 9.59. The Morgan fingerprint density at radius 3 is 2.42 bits per heavy atom. The highest BCUT2D eigenvalue weighted by atomic mass is 19.1. The van der Waals surface area contributed by atoms with Crippen LogP contribution in [0.25, 0.3) is 0 Å². The molecule has 2 aromatic carbocycles. The smallest absolute Gasteiger partial charge is 0.233 e.